The lowest BCUT2D eigenvalue weighted by molar-refractivity contribution is -0.137. The van der Waals surface area contributed by atoms with Gasteiger partial charge in [0.25, 0.3) is 0 Å². The summed E-state index contributed by atoms with van der Waals surface area (Å²) in [5.74, 6) is -0.454. The van der Waals surface area contributed by atoms with E-state index in [0.29, 0.717) is 32.0 Å². The zero-order chi connectivity index (χ0) is 20.4. The fourth-order valence-corrected chi connectivity index (χ4v) is 4.95. The number of carboxylic acid groups (broad SMARTS) is 1. The van der Waals surface area contributed by atoms with Gasteiger partial charge in [-0.15, -0.1) is 0 Å². The number of amides is 2. The summed E-state index contributed by atoms with van der Waals surface area (Å²) >= 11 is 0. The molecule has 2 aliphatic rings. The summed E-state index contributed by atoms with van der Waals surface area (Å²) in [6.07, 6.45) is 5.43. The monoisotopic (exact) mass is 399 g/mol. The highest BCUT2D eigenvalue weighted by Gasteiger charge is 2.53. The first-order valence-corrected chi connectivity index (χ1v) is 10.4. The Morgan fingerprint density at radius 3 is 2.97 bits per heavy atom. The van der Waals surface area contributed by atoms with Gasteiger partial charge in [-0.3, -0.25) is 9.69 Å². The molecule has 2 unspecified atom stereocenters. The topological polar surface area (TPSA) is 90.2 Å². The average molecular weight is 399 g/mol. The molecular formula is C21H29N5O3. The number of likely N-dealkylation sites (tertiary alicyclic amines) is 2. The van der Waals surface area contributed by atoms with Crippen LogP contribution in [-0.2, 0) is 11.3 Å². The van der Waals surface area contributed by atoms with Crippen LogP contribution in [0.4, 0.5) is 4.79 Å². The molecule has 0 aliphatic carbocycles. The Labute approximate surface area is 170 Å². The van der Waals surface area contributed by atoms with Gasteiger partial charge in [0, 0.05) is 63.5 Å². The molecule has 2 amide bonds. The molecule has 0 radical (unpaired) electrons. The predicted molar refractivity (Wildman–Crippen MR) is 109 cm³/mol. The summed E-state index contributed by atoms with van der Waals surface area (Å²) < 4.78 is 1.85. The van der Waals surface area contributed by atoms with Crippen molar-refractivity contribution in [2.75, 3.05) is 32.7 Å². The van der Waals surface area contributed by atoms with Crippen LogP contribution >= 0.6 is 0 Å². The maximum atomic E-state index is 12.5. The Morgan fingerprint density at radius 1 is 1.31 bits per heavy atom. The molecule has 0 saturated carbocycles. The molecule has 2 aromatic heterocycles. The summed E-state index contributed by atoms with van der Waals surface area (Å²) in [5, 5.41) is 16.4. The van der Waals surface area contributed by atoms with Gasteiger partial charge in [0.05, 0.1) is 5.52 Å². The van der Waals surface area contributed by atoms with Gasteiger partial charge in [0.15, 0.2) is 0 Å². The third-order valence-corrected chi connectivity index (χ3v) is 6.35. The number of pyridine rings is 1. The number of fused-ring (bicyclic) bond motifs is 2. The van der Waals surface area contributed by atoms with E-state index in [2.05, 4.69) is 27.4 Å². The molecule has 8 heteroatoms. The molecule has 0 spiro atoms. The number of hydrogen-bond acceptors (Lipinski definition) is 4. The van der Waals surface area contributed by atoms with Crippen LogP contribution in [0.25, 0.3) is 5.52 Å². The Kier molecular flexibility index (Phi) is 5.45. The first-order valence-electron chi connectivity index (χ1n) is 10.4. The SMILES string of the molecule is CCCNC(=O)N1CC2CN(Cc3ccn4nccc4c3)CC2(CCC(=O)O)C1. The molecule has 2 saturated heterocycles. The molecule has 2 aromatic rings. The minimum Gasteiger partial charge on any atom is -0.481 e. The van der Waals surface area contributed by atoms with Gasteiger partial charge in [0.2, 0.25) is 0 Å². The fourth-order valence-electron chi connectivity index (χ4n) is 4.95. The Morgan fingerprint density at radius 2 is 2.17 bits per heavy atom. The zero-order valence-electron chi connectivity index (χ0n) is 16.9. The van der Waals surface area contributed by atoms with Crippen LogP contribution in [0.2, 0.25) is 0 Å². The van der Waals surface area contributed by atoms with Crippen molar-refractivity contribution in [3.63, 3.8) is 0 Å². The van der Waals surface area contributed by atoms with Crippen LogP contribution in [-0.4, -0.2) is 69.2 Å². The number of carbonyl (C=O) groups is 2. The lowest BCUT2D eigenvalue weighted by Crippen LogP contribution is -2.42. The second-order valence-electron chi connectivity index (χ2n) is 8.47. The molecule has 2 N–H and O–H groups in total. The number of urea groups is 1. The molecule has 0 aromatic carbocycles. The number of nitrogens with one attached hydrogen (secondary N) is 1. The second-order valence-corrected chi connectivity index (χ2v) is 8.47. The van der Waals surface area contributed by atoms with E-state index < -0.39 is 5.97 Å². The summed E-state index contributed by atoms with van der Waals surface area (Å²) in [5.41, 5.74) is 2.16. The van der Waals surface area contributed by atoms with Gasteiger partial charge in [-0.2, -0.15) is 5.10 Å². The van der Waals surface area contributed by atoms with Crippen LogP contribution in [0.15, 0.2) is 30.6 Å². The van der Waals surface area contributed by atoms with Gasteiger partial charge < -0.3 is 15.3 Å². The van der Waals surface area contributed by atoms with E-state index in [1.807, 2.05) is 28.6 Å². The van der Waals surface area contributed by atoms with Crippen molar-refractivity contribution in [1.82, 2.24) is 24.7 Å². The molecule has 0 bridgehead atoms. The number of carbonyl (C=O) groups excluding carboxylic acids is 1. The summed E-state index contributed by atoms with van der Waals surface area (Å²) in [6.45, 7) is 6.59. The number of rotatable bonds is 7. The standard InChI is InChI=1S/C21H29N5O3/c1-2-7-22-20(29)25-13-17-12-24(14-21(17,15-25)6-3-19(27)28)11-16-5-9-26-18(10-16)4-8-23-26/h4-5,8-10,17H,2-3,6-7,11-15H2,1H3,(H,22,29)(H,27,28). The van der Waals surface area contributed by atoms with Crippen molar-refractivity contribution >= 4 is 17.5 Å². The molecule has 4 heterocycles. The molecule has 8 nitrogen and oxygen atoms in total. The van der Waals surface area contributed by atoms with Crippen molar-refractivity contribution < 1.29 is 14.7 Å². The van der Waals surface area contributed by atoms with Gasteiger partial charge >= 0.3 is 12.0 Å². The molecule has 2 aliphatic heterocycles. The normalized spacial score (nSPS) is 24.2. The van der Waals surface area contributed by atoms with Crippen LogP contribution in [0.5, 0.6) is 0 Å². The highest BCUT2D eigenvalue weighted by molar-refractivity contribution is 5.74. The quantitative estimate of drug-likeness (QED) is 0.744. The van der Waals surface area contributed by atoms with Gasteiger partial charge in [-0.25, -0.2) is 9.31 Å². The first-order chi connectivity index (χ1) is 14.0. The lowest BCUT2D eigenvalue weighted by Gasteiger charge is -2.29. The summed E-state index contributed by atoms with van der Waals surface area (Å²) in [4.78, 5) is 28.0. The van der Waals surface area contributed by atoms with Crippen LogP contribution in [0, 0.1) is 11.3 Å². The molecule has 4 rings (SSSR count). The summed E-state index contributed by atoms with van der Waals surface area (Å²) in [7, 11) is 0. The van der Waals surface area contributed by atoms with E-state index >= 15 is 0 Å². The minimum atomic E-state index is -0.767. The highest BCUT2D eigenvalue weighted by atomic mass is 16.4. The maximum absolute atomic E-state index is 12.5. The van der Waals surface area contributed by atoms with Crippen LogP contribution in [0.3, 0.4) is 0 Å². The van der Waals surface area contributed by atoms with E-state index in [4.69, 9.17) is 0 Å². The number of nitrogens with zero attached hydrogens (tertiary/aromatic N) is 4. The largest absolute Gasteiger partial charge is 0.481 e. The maximum Gasteiger partial charge on any atom is 0.317 e. The van der Waals surface area contributed by atoms with Crippen LogP contribution in [0.1, 0.15) is 31.7 Å². The Hall–Kier alpha value is -2.61. The Balaban J connectivity index is 1.46. The molecule has 2 fully saturated rings. The summed E-state index contributed by atoms with van der Waals surface area (Å²) in [6, 6.07) is 6.20. The van der Waals surface area contributed by atoms with E-state index in [1.54, 1.807) is 6.20 Å². The lowest BCUT2D eigenvalue weighted by atomic mass is 9.77. The number of carboxylic acids is 1. The van der Waals surface area contributed by atoms with E-state index in [0.717, 1.165) is 31.6 Å². The van der Waals surface area contributed by atoms with Crippen LogP contribution < -0.4 is 5.32 Å². The third kappa shape index (κ3) is 4.07. The molecular weight excluding hydrogens is 370 g/mol. The molecule has 29 heavy (non-hydrogen) atoms. The third-order valence-electron chi connectivity index (χ3n) is 6.35. The average Bonchev–Trinajstić information content (AvgIpc) is 3.36. The van der Waals surface area contributed by atoms with Gasteiger partial charge in [-0.1, -0.05) is 6.92 Å². The highest BCUT2D eigenvalue weighted by Crippen LogP contribution is 2.46. The van der Waals surface area contributed by atoms with Gasteiger partial charge in [-0.05, 0) is 42.5 Å². The van der Waals surface area contributed by atoms with Crippen molar-refractivity contribution in [2.45, 2.75) is 32.7 Å². The van der Waals surface area contributed by atoms with Crippen molar-refractivity contribution in [1.29, 1.82) is 0 Å². The molecule has 156 valence electrons. The number of hydrogen-bond donors (Lipinski definition) is 2. The van der Waals surface area contributed by atoms with Gasteiger partial charge in [0.1, 0.15) is 0 Å². The first kappa shape index (κ1) is 19.7. The molecule has 2 atom stereocenters. The number of aliphatic carboxylic acids is 1. The Bertz CT molecular complexity index is 897. The van der Waals surface area contributed by atoms with Crippen molar-refractivity contribution in [3.8, 4) is 0 Å². The number of aromatic nitrogens is 2. The van der Waals surface area contributed by atoms with E-state index in [1.165, 1.54) is 5.56 Å². The fraction of sp³-hybridized carbons (Fsp3) is 0.571. The van der Waals surface area contributed by atoms with Crippen molar-refractivity contribution in [3.05, 3.63) is 36.2 Å². The van der Waals surface area contributed by atoms with E-state index in [9.17, 15) is 14.7 Å². The van der Waals surface area contributed by atoms with E-state index in [-0.39, 0.29) is 17.9 Å². The second kappa shape index (κ2) is 8.02. The predicted octanol–water partition coefficient (Wildman–Crippen LogP) is 2.05. The smallest absolute Gasteiger partial charge is 0.317 e. The minimum absolute atomic E-state index is 0.0197. The van der Waals surface area contributed by atoms with Crippen molar-refractivity contribution in [2.24, 2.45) is 11.3 Å². The zero-order valence-corrected chi connectivity index (χ0v) is 16.9.